The number of hydrogen-bond donors (Lipinski definition) is 2. The predicted octanol–water partition coefficient (Wildman–Crippen LogP) is 2.74. The SMILES string of the molecule is O=C1NC(=O)/C(=C/c2ccc(OC(=O)c3ccc(Cl)cc3)cc2)N1. The molecule has 3 rings (SSSR count). The number of urea groups is 1. The van der Waals surface area contributed by atoms with Gasteiger partial charge in [0.05, 0.1) is 5.56 Å². The second kappa shape index (κ2) is 6.55. The van der Waals surface area contributed by atoms with Crippen molar-refractivity contribution in [2.45, 2.75) is 0 Å². The summed E-state index contributed by atoms with van der Waals surface area (Å²) in [6.45, 7) is 0. The van der Waals surface area contributed by atoms with E-state index in [-0.39, 0.29) is 5.70 Å². The molecule has 120 valence electrons. The molecule has 1 saturated heterocycles. The maximum atomic E-state index is 12.0. The lowest BCUT2D eigenvalue weighted by Crippen LogP contribution is -2.22. The standard InChI is InChI=1S/C17H11ClN2O4/c18-12-5-3-11(4-6-12)16(22)24-13-7-1-10(2-8-13)9-14-15(21)20-17(23)19-14/h1-9H,(H2,19,20,21,23)/b14-9-. The van der Waals surface area contributed by atoms with Crippen LogP contribution in [0.15, 0.2) is 54.2 Å². The molecule has 0 atom stereocenters. The van der Waals surface area contributed by atoms with E-state index in [1.165, 1.54) is 6.08 Å². The van der Waals surface area contributed by atoms with Crippen LogP contribution in [0.4, 0.5) is 4.79 Å². The summed E-state index contributed by atoms with van der Waals surface area (Å²) in [5.74, 6) is -0.629. The molecule has 7 heteroatoms. The number of halogens is 1. The molecular formula is C17H11ClN2O4. The van der Waals surface area contributed by atoms with Gasteiger partial charge in [-0.3, -0.25) is 10.1 Å². The maximum Gasteiger partial charge on any atom is 0.343 e. The van der Waals surface area contributed by atoms with E-state index in [2.05, 4.69) is 10.6 Å². The lowest BCUT2D eigenvalue weighted by molar-refractivity contribution is -0.115. The second-order valence-electron chi connectivity index (χ2n) is 4.93. The quantitative estimate of drug-likeness (QED) is 0.389. The van der Waals surface area contributed by atoms with Gasteiger partial charge in [0, 0.05) is 5.02 Å². The number of imide groups is 1. The minimum absolute atomic E-state index is 0.158. The number of amides is 3. The number of rotatable bonds is 3. The normalized spacial score (nSPS) is 15.1. The summed E-state index contributed by atoms with van der Waals surface area (Å²) in [5.41, 5.74) is 1.22. The van der Waals surface area contributed by atoms with Crippen LogP contribution >= 0.6 is 11.6 Å². The van der Waals surface area contributed by atoms with Gasteiger partial charge in [0.15, 0.2) is 0 Å². The van der Waals surface area contributed by atoms with Gasteiger partial charge in [-0.05, 0) is 48.0 Å². The Morgan fingerprint density at radius 3 is 2.21 bits per heavy atom. The third kappa shape index (κ3) is 3.61. The predicted molar refractivity (Wildman–Crippen MR) is 87.5 cm³/mol. The van der Waals surface area contributed by atoms with Crippen LogP contribution in [0.3, 0.4) is 0 Å². The molecule has 2 aromatic carbocycles. The fraction of sp³-hybridized carbons (Fsp3) is 0. The number of hydrogen-bond acceptors (Lipinski definition) is 4. The van der Waals surface area contributed by atoms with E-state index in [4.69, 9.17) is 16.3 Å². The number of nitrogens with one attached hydrogen (secondary N) is 2. The first-order valence-corrected chi connectivity index (χ1v) is 7.31. The van der Waals surface area contributed by atoms with Crippen LogP contribution in [0.25, 0.3) is 6.08 Å². The molecule has 3 amide bonds. The summed E-state index contributed by atoms with van der Waals surface area (Å²) < 4.78 is 5.25. The molecule has 0 radical (unpaired) electrons. The molecule has 1 fully saturated rings. The highest BCUT2D eigenvalue weighted by molar-refractivity contribution is 6.30. The third-order valence-electron chi connectivity index (χ3n) is 3.20. The van der Waals surface area contributed by atoms with Gasteiger partial charge in [0.1, 0.15) is 11.4 Å². The monoisotopic (exact) mass is 342 g/mol. The summed E-state index contributed by atoms with van der Waals surface area (Å²) in [5, 5.41) is 5.04. The minimum atomic E-state index is -0.556. The van der Waals surface area contributed by atoms with Crippen LogP contribution in [0.1, 0.15) is 15.9 Å². The van der Waals surface area contributed by atoms with E-state index in [0.717, 1.165) is 0 Å². The van der Waals surface area contributed by atoms with Gasteiger partial charge < -0.3 is 10.1 Å². The molecule has 0 aliphatic carbocycles. The van der Waals surface area contributed by atoms with Crippen LogP contribution in [-0.2, 0) is 4.79 Å². The maximum absolute atomic E-state index is 12.0. The summed E-state index contributed by atoms with van der Waals surface area (Å²) in [7, 11) is 0. The fourth-order valence-corrected chi connectivity index (χ4v) is 2.16. The molecule has 0 bridgehead atoms. The number of ether oxygens (including phenoxy) is 1. The highest BCUT2D eigenvalue weighted by atomic mass is 35.5. The van der Waals surface area contributed by atoms with Gasteiger partial charge in [-0.25, -0.2) is 9.59 Å². The smallest absolute Gasteiger partial charge is 0.343 e. The van der Waals surface area contributed by atoms with E-state index < -0.39 is 17.9 Å². The van der Waals surface area contributed by atoms with Crippen molar-refractivity contribution in [1.29, 1.82) is 0 Å². The zero-order chi connectivity index (χ0) is 17.1. The van der Waals surface area contributed by atoms with Gasteiger partial charge >= 0.3 is 12.0 Å². The first-order valence-electron chi connectivity index (χ1n) is 6.93. The van der Waals surface area contributed by atoms with Crippen molar-refractivity contribution in [2.24, 2.45) is 0 Å². The van der Waals surface area contributed by atoms with Gasteiger partial charge in [0.2, 0.25) is 0 Å². The third-order valence-corrected chi connectivity index (χ3v) is 3.45. The summed E-state index contributed by atoms with van der Waals surface area (Å²) in [6, 6.07) is 12.3. The van der Waals surface area contributed by atoms with Gasteiger partial charge in [-0.2, -0.15) is 0 Å². The van der Waals surface area contributed by atoms with Crippen LogP contribution in [0.5, 0.6) is 5.75 Å². The Morgan fingerprint density at radius 1 is 0.958 bits per heavy atom. The van der Waals surface area contributed by atoms with E-state index >= 15 is 0 Å². The first-order chi connectivity index (χ1) is 11.5. The minimum Gasteiger partial charge on any atom is -0.423 e. The Labute approximate surface area is 142 Å². The zero-order valence-corrected chi connectivity index (χ0v) is 13.0. The van der Waals surface area contributed by atoms with Crippen molar-refractivity contribution >= 4 is 35.6 Å². The summed E-state index contributed by atoms with van der Waals surface area (Å²) >= 11 is 5.77. The zero-order valence-electron chi connectivity index (χ0n) is 12.2. The van der Waals surface area contributed by atoms with Crippen molar-refractivity contribution in [3.05, 3.63) is 70.4 Å². The van der Waals surface area contributed by atoms with E-state index in [1.54, 1.807) is 48.5 Å². The first kappa shape index (κ1) is 15.8. The van der Waals surface area contributed by atoms with E-state index in [1.807, 2.05) is 0 Å². The largest absolute Gasteiger partial charge is 0.423 e. The Bertz CT molecular complexity index is 842. The Hall–Kier alpha value is -3.12. The molecule has 1 aliphatic heterocycles. The lowest BCUT2D eigenvalue weighted by atomic mass is 10.2. The molecule has 2 aromatic rings. The Balaban J connectivity index is 1.69. The van der Waals surface area contributed by atoms with Crippen LogP contribution in [0, 0.1) is 0 Å². The summed E-state index contributed by atoms with van der Waals surface area (Å²) in [6.07, 6.45) is 1.52. The molecule has 6 nitrogen and oxygen atoms in total. The van der Waals surface area contributed by atoms with Crippen molar-refractivity contribution < 1.29 is 19.1 Å². The fourth-order valence-electron chi connectivity index (χ4n) is 2.03. The molecule has 0 aromatic heterocycles. The Kier molecular flexibility index (Phi) is 4.31. The average Bonchev–Trinajstić information content (AvgIpc) is 2.87. The average molecular weight is 343 g/mol. The molecule has 1 aliphatic rings. The van der Waals surface area contributed by atoms with Gasteiger partial charge in [-0.15, -0.1) is 0 Å². The second-order valence-corrected chi connectivity index (χ2v) is 5.37. The Morgan fingerprint density at radius 2 is 1.62 bits per heavy atom. The lowest BCUT2D eigenvalue weighted by Gasteiger charge is -2.05. The molecule has 2 N–H and O–H groups in total. The number of carbonyl (C=O) groups excluding carboxylic acids is 3. The van der Waals surface area contributed by atoms with Crippen molar-refractivity contribution in [3.63, 3.8) is 0 Å². The summed E-state index contributed by atoms with van der Waals surface area (Å²) in [4.78, 5) is 34.5. The van der Waals surface area contributed by atoms with Crippen LogP contribution < -0.4 is 15.4 Å². The molecule has 0 unspecified atom stereocenters. The van der Waals surface area contributed by atoms with E-state index in [9.17, 15) is 14.4 Å². The number of esters is 1. The van der Waals surface area contributed by atoms with Crippen molar-refractivity contribution in [3.8, 4) is 5.75 Å². The van der Waals surface area contributed by atoms with E-state index in [0.29, 0.717) is 21.9 Å². The number of benzene rings is 2. The van der Waals surface area contributed by atoms with Crippen LogP contribution in [0.2, 0.25) is 5.02 Å². The van der Waals surface area contributed by atoms with Crippen molar-refractivity contribution in [2.75, 3.05) is 0 Å². The highest BCUT2D eigenvalue weighted by Gasteiger charge is 2.22. The molecule has 1 heterocycles. The molecule has 0 spiro atoms. The molecule has 0 saturated carbocycles. The topological polar surface area (TPSA) is 84.5 Å². The van der Waals surface area contributed by atoms with Crippen molar-refractivity contribution in [1.82, 2.24) is 10.6 Å². The molecule has 24 heavy (non-hydrogen) atoms. The molecular weight excluding hydrogens is 332 g/mol. The van der Waals surface area contributed by atoms with Crippen LogP contribution in [-0.4, -0.2) is 17.9 Å². The highest BCUT2D eigenvalue weighted by Crippen LogP contribution is 2.17. The number of carbonyl (C=O) groups is 3. The van der Waals surface area contributed by atoms with Gasteiger partial charge in [0.25, 0.3) is 5.91 Å². The van der Waals surface area contributed by atoms with Gasteiger partial charge in [-0.1, -0.05) is 23.7 Å².